The highest BCUT2D eigenvalue weighted by molar-refractivity contribution is 5.01. The number of ether oxygens (including phenoxy) is 1. The van der Waals surface area contributed by atoms with Crippen LogP contribution in [0, 0.1) is 0 Å². The van der Waals surface area contributed by atoms with Crippen LogP contribution >= 0.6 is 0 Å². The molecule has 1 N–H and O–H groups in total. The molecule has 1 atom stereocenters. The van der Waals surface area contributed by atoms with Crippen molar-refractivity contribution in [1.29, 1.82) is 0 Å². The molecular weight excluding hydrogens is 214 g/mol. The van der Waals surface area contributed by atoms with Crippen molar-refractivity contribution in [3.63, 3.8) is 0 Å². The first-order valence-electron chi connectivity index (χ1n) is 7.04. The lowest BCUT2D eigenvalue weighted by molar-refractivity contribution is -0.0625. The summed E-state index contributed by atoms with van der Waals surface area (Å²) in [6.07, 6.45) is 3.72. The van der Waals surface area contributed by atoms with E-state index >= 15 is 0 Å². The third-order valence-electron chi connectivity index (χ3n) is 4.83. The molecule has 98 valence electrons. The zero-order valence-corrected chi connectivity index (χ0v) is 11.0. The summed E-state index contributed by atoms with van der Waals surface area (Å²) in [6, 6.07) is 0.752. The first-order valence-corrected chi connectivity index (χ1v) is 7.04. The Kier molecular flexibility index (Phi) is 3.39. The van der Waals surface area contributed by atoms with Gasteiger partial charge in [-0.15, -0.1) is 0 Å². The van der Waals surface area contributed by atoms with Crippen molar-refractivity contribution in [2.75, 3.05) is 53.0 Å². The smallest absolute Gasteiger partial charge is 0.0484 e. The van der Waals surface area contributed by atoms with E-state index in [-0.39, 0.29) is 0 Å². The van der Waals surface area contributed by atoms with E-state index in [0.29, 0.717) is 5.54 Å². The van der Waals surface area contributed by atoms with Crippen molar-refractivity contribution >= 4 is 0 Å². The summed E-state index contributed by atoms with van der Waals surface area (Å²) < 4.78 is 5.57. The predicted molar refractivity (Wildman–Crippen MR) is 68.3 cm³/mol. The lowest BCUT2D eigenvalue weighted by atomic mass is 9.86. The molecule has 0 aliphatic carbocycles. The summed E-state index contributed by atoms with van der Waals surface area (Å²) in [4.78, 5) is 5.30. The second-order valence-electron chi connectivity index (χ2n) is 5.91. The largest absolute Gasteiger partial charge is 0.381 e. The van der Waals surface area contributed by atoms with Crippen LogP contribution in [0.2, 0.25) is 0 Å². The number of nitrogens with one attached hydrogen (secondary N) is 1. The molecule has 4 nitrogen and oxygen atoms in total. The van der Waals surface area contributed by atoms with Gasteiger partial charge >= 0.3 is 0 Å². The van der Waals surface area contributed by atoms with Gasteiger partial charge in [-0.3, -0.25) is 4.90 Å². The Hall–Kier alpha value is -0.160. The maximum atomic E-state index is 5.57. The maximum Gasteiger partial charge on any atom is 0.0484 e. The van der Waals surface area contributed by atoms with Crippen LogP contribution < -0.4 is 5.32 Å². The molecule has 0 amide bonds. The molecule has 0 aromatic carbocycles. The Bertz CT molecular complexity index is 265. The van der Waals surface area contributed by atoms with E-state index in [9.17, 15) is 0 Å². The molecular formula is C13H25N3O. The van der Waals surface area contributed by atoms with E-state index in [2.05, 4.69) is 22.2 Å². The minimum Gasteiger partial charge on any atom is -0.381 e. The maximum absolute atomic E-state index is 5.57. The number of hydrogen-bond acceptors (Lipinski definition) is 4. The fourth-order valence-electron chi connectivity index (χ4n) is 3.79. The van der Waals surface area contributed by atoms with E-state index in [0.717, 1.165) is 25.8 Å². The average molecular weight is 239 g/mol. The number of rotatable bonds is 0. The van der Waals surface area contributed by atoms with E-state index in [1.165, 1.54) is 45.4 Å². The molecule has 0 aromatic heterocycles. The highest BCUT2D eigenvalue weighted by Gasteiger charge is 2.44. The standard InChI is InChI=1S/C13H25N3O/c1-15-6-7-16-12(10-15)2-5-14-11-13(16)3-8-17-9-4-13/h12,14H,2-11H2,1H3. The lowest BCUT2D eigenvalue weighted by Crippen LogP contribution is -2.64. The molecule has 3 aliphatic heterocycles. The highest BCUT2D eigenvalue weighted by Crippen LogP contribution is 2.33. The van der Waals surface area contributed by atoms with Crippen molar-refractivity contribution in [3.8, 4) is 0 Å². The van der Waals surface area contributed by atoms with Crippen molar-refractivity contribution < 1.29 is 4.74 Å². The molecule has 0 saturated carbocycles. The number of hydrogen-bond donors (Lipinski definition) is 1. The molecule has 3 aliphatic rings. The molecule has 0 aromatic rings. The Labute approximate surface area is 104 Å². The lowest BCUT2D eigenvalue weighted by Gasteiger charge is -2.52. The Morgan fingerprint density at radius 2 is 2.06 bits per heavy atom. The van der Waals surface area contributed by atoms with Crippen molar-refractivity contribution in [2.24, 2.45) is 0 Å². The van der Waals surface area contributed by atoms with Gasteiger partial charge < -0.3 is 15.0 Å². The first-order chi connectivity index (χ1) is 8.30. The summed E-state index contributed by atoms with van der Waals surface area (Å²) >= 11 is 0. The topological polar surface area (TPSA) is 27.7 Å². The first kappa shape index (κ1) is 11.9. The summed E-state index contributed by atoms with van der Waals surface area (Å²) in [7, 11) is 2.26. The van der Waals surface area contributed by atoms with Gasteiger partial charge in [0.2, 0.25) is 0 Å². The second-order valence-corrected chi connectivity index (χ2v) is 5.91. The normalized spacial score (nSPS) is 35.5. The number of likely N-dealkylation sites (N-methyl/N-ethyl adjacent to an activating group) is 1. The van der Waals surface area contributed by atoms with E-state index in [1.54, 1.807) is 0 Å². The summed E-state index contributed by atoms with van der Waals surface area (Å²) in [6.45, 7) is 7.93. The predicted octanol–water partition coefficient (Wildman–Crippen LogP) is 0.145. The summed E-state index contributed by atoms with van der Waals surface area (Å²) in [5.41, 5.74) is 0.390. The molecule has 4 heteroatoms. The van der Waals surface area contributed by atoms with Crippen LogP contribution in [0.15, 0.2) is 0 Å². The summed E-state index contributed by atoms with van der Waals surface area (Å²) in [5.74, 6) is 0. The van der Waals surface area contributed by atoms with Crippen molar-refractivity contribution in [2.45, 2.75) is 30.8 Å². The van der Waals surface area contributed by atoms with Gasteiger partial charge in [0.05, 0.1) is 0 Å². The van der Waals surface area contributed by atoms with Crippen LogP contribution in [-0.2, 0) is 4.74 Å². The highest BCUT2D eigenvalue weighted by atomic mass is 16.5. The van der Waals surface area contributed by atoms with Crippen molar-refractivity contribution in [1.82, 2.24) is 15.1 Å². The minimum atomic E-state index is 0.390. The van der Waals surface area contributed by atoms with E-state index in [1.807, 2.05) is 0 Å². The van der Waals surface area contributed by atoms with E-state index in [4.69, 9.17) is 4.74 Å². The minimum absolute atomic E-state index is 0.390. The quantitative estimate of drug-likeness (QED) is 0.651. The third kappa shape index (κ3) is 2.24. The molecule has 1 spiro atoms. The van der Waals surface area contributed by atoms with Gasteiger partial charge in [-0.1, -0.05) is 0 Å². The third-order valence-corrected chi connectivity index (χ3v) is 4.83. The monoisotopic (exact) mass is 239 g/mol. The zero-order chi connectivity index (χ0) is 11.7. The van der Waals surface area contributed by atoms with Gasteiger partial charge in [0.15, 0.2) is 0 Å². The Balaban J connectivity index is 1.81. The van der Waals surface area contributed by atoms with Gasteiger partial charge in [-0.25, -0.2) is 0 Å². The molecule has 3 saturated heterocycles. The molecule has 3 fully saturated rings. The number of fused-ring (bicyclic) bond motifs is 2. The molecule has 3 heterocycles. The zero-order valence-electron chi connectivity index (χ0n) is 11.0. The van der Waals surface area contributed by atoms with Crippen LogP contribution in [0.1, 0.15) is 19.3 Å². The van der Waals surface area contributed by atoms with Crippen LogP contribution in [0.25, 0.3) is 0 Å². The number of piperazine rings is 1. The van der Waals surface area contributed by atoms with Gasteiger partial charge in [-0.2, -0.15) is 0 Å². The molecule has 17 heavy (non-hydrogen) atoms. The molecule has 3 rings (SSSR count). The van der Waals surface area contributed by atoms with Crippen molar-refractivity contribution in [3.05, 3.63) is 0 Å². The van der Waals surface area contributed by atoms with Gasteiger partial charge in [-0.05, 0) is 32.9 Å². The summed E-state index contributed by atoms with van der Waals surface area (Å²) in [5, 5.41) is 3.66. The van der Waals surface area contributed by atoms with Crippen LogP contribution in [0.4, 0.5) is 0 Å². The molecule has 0 bridgehead atoms. The average Bonchev–Trinajstić information content (AvgIpc) is 2.51. The fraction of sp³-hybridized carbons (Fsp3) is 1.00. The Morgan fingerprint density at radius 3 is 2.88 bits per heavy atom. The van der Waals surface area contributed by atoms with Crippen LogP contribution in [0.5, 0.6) is 0 Å². The van der Waals surface area contributed by atoms with Crippen LogP contribution in [-0.4, -0.2) is 74.4 Å². The Morgan fingerprint density at radius 1 is 1.24 bits per heavy atom. The SMILES string of the molecule is CN1CCN2C(CCNCC23CCOCC3)C1. The van der Waals surface area contributed by atoms with Gasteiger partial charge in [0.25, 0.3) is 0 Å². The fourth-order valence-corrected chi connectivity index (χ4v) is 3.79. The molecule has 1 unspecified atom stereocenters. The van der Waals surface area contributed by atoms with Gasteiger partial charge in [0.1, 0.15) is 0 Å². The number of nitrogens with zero attached hydrogens (tertiary/aromatic N) is 2. The second kappa shape index (κ2) is 4.84. The molecule has 0 radical (unpaired) electrons. The van der Waals surface area contributed by atoms with E-state index < -0.39 is 0 Å². The van der Waals surface area contributed by atoms with Crippen LogP contribution in [0.3, 0.4) is 0 Å². The van der Waals surface area contributed by atoms with Gasteiger partial charge in [0, 0.05) is 51.0 Å².